The van der Waals surface area contributed by atoms with Crippen molar-refractivity contribution in [2.24, 2.45) is 0 Å². The van der Waals surface area contributed by atoms with E-state index >= 15 is 0 Å². The van der Waals surface area contributed by atoms with E-state index in [-0.39, 0.29) is 12.6 Å². The first-order valence-corrected chi connectivity index (χ1v) is 11.0. The van der Waals surface area contributed by atoms with Crippen LogP contribution in [0.15, 0.2) is 72.6 Å². The first-order chi connectivity index (χ1) is 15.7. The van der Waals surface area contributed by atoms with Crippen LogP contribution in [0.1, 0.15) is 22.8 Å². The lowest BCUT2D eigenvalue weighted by Crippen LogP contribution is -2.12. The molecule has 0 spiro atoms. The highest BCUT2D eigenvalue weighted by atomic mass is 32.1. The van der Waals surface area contributed by atoms with E-state index in [0.29, 0.717) is 16.9 Å². The molecule has 0 aliphatic rings. The number of aryl methyl sites for hydroxylation is 1. The first-order valence-electron chi connectivity index (χ1n) is 10.1. The highest BCUT2D eigenvalue weighted by molar-refractivity contribution is 7.13. The number of aromatic nitrogens is 5. The largest absolute Gasteiger partial charge is 0.471 e. The third-order valence-corrected chi connectivity index (χ3v) is 5.90. The molecule has 5 rings (SSSR count). The van der Waals surface area contributed by atoms with Crippen molar-refractivity contribution in [1.82, 2.24) is 24.4 Å². The molecule has 1 amide bonds. The van der Waals surface area contributed by atoms with Gasteiger partial charge in [0.1, 0.15) is 11.3 Å². The van der Waals surface area contributed by atoms with Crippen molar-refractivity contribution in [3.8, 4) is 16.3 Å². The minimum Gasteiger partial charge on any atom is -0.471 e. The summed E-state index contributed by atoms with van der Waals surface area (Å²) in [5, 5.41) is 13.5. The number of fused-ring (bicyclic) bond motifs is 1. The molecule has 0 radical (unpaired) electrons. The zero-order chi connectivity index (χ0) is 21.9. The van der Waals surface area contributed by atoms with Crippen LogP contribution < -0.4 is 10.1 Å². The second kappa shape index (κ2) is 8.64. The van der Waals surface area contributed by atoms with Crippen LogP contribution in [-0.4, -0.2) is 30.3 Å². The van der Waals surface area contributed by atoms with Crippen LogP contribution in [-0.2, 0) is 13.2 Å². The maximum atomic E-state index is 12.9. The number of hydrogen-bond donors (Lipinski definition) is 1. The molecule has 0 atom stereocenters. The van der Waals surface area contributed by atoms with Gasteiger partial charge in [0.2, 0.25) is 0 Å². The fourth-order valence-electron chi connectivity index (χ4n) is 3.32. The average Bonchev–Trinajstić information content (AvgIpc) is 3.58. The second-order valence-corrected chi connectivity index (χ2v) is 8.04. The fraction of sp³-hybridized carbons (Fsp3) is 0.130. The van der Waals surface area contributed by atoms with Crippen LogP contribution in [0.4, 0.5) is 5.69 Å². The molecule has 4 heterocycles. The number of thiophene rings is 1. The molecule has 1 aromatic carbocycles. The van der Waals surface area contributed by atoms with Crippen LogP contribution in [0.3, 0.4) is 0 Å². The van der Waals surface area contributed by atoms with Gasteiger partial charge in [-0.05, 0) is 41.6 Å². The van der Waals surface area contributed by atoms with Gasteiger partial charge in [0.05, 0.1) is 34.8 Å². The Kier molecular flexibility index (Phi) is 5.39. The highest BCUT2D eigenvalue weighted by Gasteiger charge is 2.17. The number of nitrogens with one attached hydrogen (secondary N) is 1. The van der Waals surface area contributed by atoms with Crippen molar-refractivity contribution < 1.29 is 9.53 Å². The predicted molar refractivity (Wildman–Crippen MR) is 123 cm³/mol. The summed E-state index contributed by atoms with van der Waals surface area (Å²) < 4.78 is 9.05. The summed E-state index contributed by atoms with van der Waals surface area (Å²) in [6, 6.07) is 13.8. The summed E-state index contributed by atoms with van der Waals surface area (Å²) in [7, 11) is 0. The van der Waals surface area contributed by atoms with Crippen LogP contribution in [0, 0.1) is 0 Å². The van der Waals surface area contributed by atoms with Gasteiger partial charge in [-0.1, -0.05) is 25.1 Å². The molecule has 9 heteroatoms. The van der Waals surface area contributed by atoms with Gasteiger partial charge in [0.25, 0.3) is 5.91 Å². The average molecular weight is 445 g/mol. The Morgan fingerprint density at radius 1 is 1.12 bits per heavy atom. The van der Waals surface area contributed by atoms with E-state index in [9.17, 15) is 4.79 Å². The van der Waals surface area contributed by atoms with Crippen LogP contribution in [0.25, 0.3) is 16.2 Å². The standard InChI is InChI=1S/C23H20N6O2S/c1-2-16-5-7-18(8-6-16)31-15-28-14-17(12-25-28)27-23(30)19-13-26-29-20(9-10-24-22(19)29)21-4-3-11-32-21/h3-14H,2,15H2,1H3,(H,27,30). The molecule has 0 saturated heterocycles. The van der Waals surface area contributed by atoms with Crippen LogP contribution in [0.2, 0.25) is 0 Å². The van der Waals surface area contributed by atoms with E-state index in [1.165, 1.54) is 11.8 Å². The second-order valence-electron chi connectivity index (χ2n) is 7.09. The Bertz CT molecular complexity index is 1360. The highest BCUT2D eigenvalue weighted by Crippen LogP contribution is 2.25. The third kappa shape index (κ3) is 3.97. The maximum Gasteiger partial charge on any atom is 0.261 e. The molecule has 0 aliphatic heterocycles. The minimum atomic E-state index is -0.300. The lowest BCUT2D eigenvalue weighted by Gasteiger charge is -2.06. The SMILES string of the molecule is CCc1ccc(OCn2cc(NC(=O)c3cnn4c(-c5cccs5)ccnc34)cn2)cc1. The van der Waals surface area contributed by atoms with Crippen molar-refractivity contribution in [3.05, 3.63) is 83.8 Å². The molecule has 0 saturated carbocycles. The number of rotatable bonds is 7. The minimum absolute atomic E-state index is 0.240. The van der Waals surface area contributed by atoms with E-state index in [1.54, 1.807) is 39.1 Å². The lowest BCUT2D eigenvalue weighted by molar-refractivity contribution is 0.102. The molecular weight excluding hydrogens is 424 g/mol. The molecule has 0 unspecified atom stereocenters. The number of ether oxygens (including phenoxy) is 1. The number of benzene rings is 1. The summed E-state index contributed by atoms with van der Waals surface area (Å²) >= 11 is 1.61. The van der Waals surface area contributed by atoms with E-state index in [1.807, 2.05) is 47.8 Å². The van der Waals surface area contributed by atoms with Gasteiger partial charge in [-0.25, -0.2) is 14.2 Å². The Morgan fingerprint density at radius 2 is 2.00 bits per heavy atom. The first kappa shape index (κ1) is 20.0. The molecule has 32 heavy (non-hydrogen) atoms. The third-order valence-electron chi connectivity index (χ3n) is 5.01. The Morgan fingerprint density at radius 3 is 2.78 bits per heavy atom. The van der Waals surface area contributed by atoms with Gasteiger partial charge in [-0.15, -0.1) is 11.3 Å². The van der Waals surface area contributed by atoms with Gasteiger partial charge in [-0.3, -0.25) is 4.79 Å². The van der Waals surface area contributed by atoms with Crippen LogP contribution >= 0.6 is 11.3 Å². The predicted octanol–water partition coefficient (Wildman–Crippen LogP) is 4.51. The summed E-state index contributed by atoms with van der Waals surface area (Å²) in [5.74, 6) is 0.466. The van der Waals surface area contributed by atoms with Crippen molar-refractivity contribution in [1.29, 1.82) is 0 Å². The Balaban J connectivity index is 1.28. The van der Waals surface area contributed by atoms with Crippen molar-refractivity contribution in [2.45, 2.75) is 20.1 Å². The maximum absolute atomic E-state index is 12.9. The van der Waals surface area contributed by atoms with Crippen molar-refractivity contribution in [2.75, 3.05) is 5.32 Å². The smallest absolute Gasteiger partial charge is 0.261 e. The monoisotopic (exact) mass is 444 g/mol. The zero-order valence-electron chi connectivity index (χ0n) is 17.3. The van der Waals surface area contributed by atoms with Crippen molar-refractivity contribution in [3.63, 3.8) is 0 Å². The molecule has 5 aromatic rings. The van der Waals surface area contributed by atoms with Gasteiger partial charge in [0.15, 0.2) is 12.4 Å². The summed E-state index contributed by atoms with van der Waals surface area (Å²) in [6.07, 6.45) is 7.50. The summed E-state index contributed by atoms with van der Waals surface area (Å²) in [4.78, 5) is 18.3. The number of carbonyl (C=O) groups is 1. The molecule has 160 valence electrons. The normalized spacial score (nSPS) is 11.0. The Labute approximate surface area is 188 Å². The number of nitrogens with zero attached hydrogens (tertiary/aromatic N) is 5. The fourth-order valence-corrected chi connectivity index (χ4v) is 4.06. The number of carbonyl (C=O) groups excluding carboxylic acids is 1. The van der Waals surface area contributed by atoms with Gasteiger partial charge in [-0.2, -0.15) is 10.2 Å². The van der Waals surface area contributed by atoms with Gasteiger partial charge >= 0.3 is 0 Å². The van der Waals surface area contributed by atoms with Gasteiger partial charge < -0.3 is 10.1 Å². The van der Waals surface area contributed by atoms with E-state index in [0.717, 1.165) is 22.7 Å². The molecule has 8 nitrogen and oxygen atoms in total. The van der Waals surface area contributed by atoms with Gasteiger partial charge in [0, 0.05) is 6.20 Å². The van der Waals surface area contributed by atoms with E-state index < -0.39 is 0 Å². The summed E-state index contributed by atoms with van der Waals surface area (Å²) in [6.45, 7) is 2.35. The Hall–Kier alpha value is -3.98. The molecule has 4 aromatic heterocycles. The zero-order valence-corrected chi connectivity index (χ0v) is 18.1. The molecular formula is C23H20N6O2S. The molecule has 0 aliphatic carbocycles. The number of amides is 1. The molecule has 0 bridgehead atoms. The topological polar surface area (TPSA) is 86.3 Å². The molecule has 1 N–H and O–H groups in total. The van der Waals surface area contributed by atoms with E-state index in [2.05, 4.69) is 27.4 Å². The summed E-state index contributed by atoms with van der Waals surface area (Å²) in [5.41, 5.74) is 3.60. The number of hydrogen-bond acceptors (Lipinski definition) is 6. The van der Waals surface area contributed by atoms with Crippen molar-refractivity contribution >= 4 is 28.6 Å². The van der Waals surface area contributed by atoms with Crippen LogP contribution in [0.5, 0.6) is 5.75 Å². The lowest BCUT2D eigenvalue weighted by atomic mass is 10.2. The number of anilines is 1. The van der Waals surface area contributed by atoms with E-state index in [4.69, 9.17) is 4.74 Å². The quantitative estimate of drug-likeness (QED) is 0.399. The molecule has 0 fully saturated rings.